The lowest BCUT2D eigenvalue weighted by Crippen LogP contribution is -2.30. The van der Waals surface area contributed by atoms with Crippen molar-refractivity contribution >= 4 is 48.7 Å². The van der Waals surface area contributed by atoms with Crippen LogP contribution in [0.15, 0.2) is 44.4 Å². The van der Waals surface area contributed by atoms with Gasteiger partial charge in [0, 0.05) is 12.2 Å². The minimum absolute atomic E-state index is 0.309. The lowest BCUT2D eigenvalue weighted by atomic mass is 10.3. The van der Waals surface area contributed by atoms with E-state index in [1.807, 2.05) is 0 Å². The first-order valence-corrected chi connectivity index (χ1v) is 8.63. The van der Waals surface area contributed by atoms with Crippen LogP contribution in [0.1, 0.15) is 6.92 Å². The number of thiophene rings is 1. The molecule has 0 saturated carbocycles. The second-order valence-corrected chi connectivity index (χ2v) is 8.38. The van der Waals surface area contributed by atoms with Crippen LogP contribution >= 0.6 is 27.3 Å². The van der Waals surface area contributed by atoms with Crippen LogP contribution in [0.25, 0.3) is 0 Å². The third-order valence-corrected chi connectivity index (χ3v) is 6.53. The van der Waals surface area contributed by atoms with E-state index >= 15 is 0 Å². The molecule has 0 saturated heterocycles. The number of hydrogen-bond donors (Lipinski definition) is 1. The van der Waals surface area contributed by atoms with Crippen molar-refractivity contribution in [3.8, 4) is 0 Å². The smallest absolute Gasteiger partial charge is 0.273 e. The highest BCUT2D eigenvalue weighted by molar-refractivity contribution is 9.11. The molecule has 0 aliphatic heterocycles. The lowest BCUT2D eigenvalue weighted by molar-refractivity contribution is 0.594. The molecule has 0 aliphatic carbocycles. The van der Waals surface area contributed by atoms with Crippen molar-refractivity contribution in [3.05, 3.63) is 40.2 Å². The zero-order valence-corrected chi connectivity index (χ0v) is 13.4. The Labute approximate surface area is 125 Å². The molecule has 1 aromatic heterocycles. The Bertz CT molecular complexity index is 683. The van der Waals surface area contributed by atoms with Crippen molar-refractivity contribution < 1.29 is 8.42 Å². The molecule has 0 amide bonds. The Hall–Kier alpha value is -1.05. The van der Waals surface area contributed by atoms with Crippen molar-refractivity contribution in [1.29, 1.82) is 0 Å². The maximum atomic E-state index is 12.6. The van der Waals surface area contributed by atoms with Gasteiger partial charge in [-0.15, -0.1) is 11.3 Å². The Balaban J connectivity index is 2.47. The molecule has 1 aromatic carbocycles. The predicted octanol–water partition coefficient (Wildman–Crippen LogP) is 3.31. The summed E-state index contributed by atoms with van der Waals surface area (Å²) in [6, 6.07) is 10.2. The average molecular weight is 361 g/mol. The summed E-state index contributed by atoms with van der Waals surface area (Å²) in [6.07, 6.45) is 0. The van der Waals surface area contributed by atoms with Gasteiger partial charge in [0.1, 0.15) is 4.21 Å². The van der Waals surface area contributed by atoms with Gasteiger partial charge in [0.15, 0.2) is 0 Å². The molecule has 4 nitrogen and oxygen atoms in total. The molecule has 2 N–H and O–H groups in total. The molecule has 102 valence electrons. The van der Waals surface area contributed by atoms with Crippen molar-refractivity contribution in [2.24, 2.45) is 0 Å². The van der Waals surface area contributed by atoms with E-state index in [0.29, 0.717) is 22.1 Å². The summed E-state index contributed by atoms with van der Waals surface area (Å²) in [4.78, 5) is 0. The Morgan fingerprint density at radius 2 is 2.05 bits per heavy atom. The van der Waals surface area contributed by atoms with Gasteiger partial charge < -0.3 is 5.73 Å². The van der Waals surface area contributed by atoms with Crippen LogP contribution in [-0.4, -0.2) is 15.0 Å². The maximum Gasteiger partial charge on any atom is 0.273 e. The molecule has 0 atom stereocenters. The number of nitrogen functional groups attached to an aromatic ring is 1. The number of rotatable bonds is 4. The van der Waals surface area contributed by atoms with Crippen molar-refractivity contribution in [2.75, 3.05) is 16.6 Å². The van der Waals surface area contributed by atoms with Crippen LogP contribution in [-0.2, 0) is 10.0 Å². The minimum atomic E-state index is -3.53. The van der Waals surface area contributed by atoms with Crippen molar-refractivity contribution in [1.82, 2.24) is 0 Å². The number of nitrogens with zero attached hydrogens (tertiary/aromatic N) is 1. The average Bonchev–Trinajstić information content (AvgIpc) is 2.77. The lowest BCUT2D eigenvalue weighted by Gasteiger charge is -2.22. The van der Waals surface area contributed by atoms with E-state index in [1.54, 1.807) is 43.3 Å². The van der Waals surface area contributed by atoms with Gasteiger partial charge in [0.05, 0.1) is 9.47 Å². The number of hydrogen-bond acceptors (Lipinski definition) is 4. The second-order valence-electron chi connectivity index (χ2n) is 3.82. The zero-order chi connectivity index (χ0) is 14.0. The monoisotopic (exact) mass is 360 g/mol. The first-order chi connectivity index (χ1) is 8.95. The molecule has 1 heterocycles. The standard InChI is InChI=1S/C12H13BrN2O2S2/c1-2-15(10-5-3-4-9(14)8-10)19(16,17)12-7-6-11(13)18-12/h3-8H,2,14H2,1H3. The summed E-state index contributed by atoms with van der Waals surface area (Å²) in [7, 11) is -3.53. The maximum absolute atomic E-state index is 12.6. The fourth-order valence-electron chi connectivity index (χ4n) is 1.72. The third-order valence-electron chi connectivity index (χ3n) is 2.54. The topological polar surface area (TPSA) is 63.4 Å². The Morgan fingerprint density at radius 3 is 2.58 bits per heavy atom. The highest BCUT2D eigenvalue weighted by Gasteiger charge is 2.25. The van der Waals surface area contributed by atoms with Crippen LogP contribution < -0.4 is 10.0 Å². The van der Waals surface area contributed by atoms with Gasteiger partial charge in [0.2, 0.25) is 0 Å². The summed E-state index contributed by atoms with van der Waals surface area (Å²) < 4.78 is 27.6. The minimum Gasteiger partial charge on any atom is -0.399 e. The van der Waals surface area contributed by atoms with Crippen LogP contribution in [0, 0.1) is 0 Å². The SMILES string of the molecule is CCN(c1cccc(N)c1)S(=O)(=O)c1ccc(Br)s1. The van der Waals surface area contributed by atoms with E-state index in [4.69, 9.17) is 5.73 Å². The van der Waals surface area contributed by atoms with E-state index in [-0.39, 0.29) is 0 Å². The quantitative estimate of drug-likeness (QED) is 0.850. The van der Waals surface area contributed by atoms with Gasteiger partial charge in [-0.3, -0.25) is 4.31 Å². The molecule has 2 rings (SSSR count). The molecule has 0 fully saturated rings. The van der Waals surface area contributed by atoms with Crippen LogP contribution in [0.2, 0.25) is 0 Å². The molecule has 0 unspecified atom stereocenters. The molecular formula is C12H13BrN2O2S2. The van der Waals surface area contributed by atoms with Crippen molar-refractivity contribution in [3.63, 3.8) is 0 Å². The first-order valence-electron chi connectivity index (χ1n) is 5.58. The van der Waals surface area contributed by atoms with Gasteiger partial charge in [-0.1, -0.05) is 6.07 Å². The fourth-order valence-corrected chi connectivity index (χ4v) is 5.31. The molecule has 7 heteroatoms. The number of nitrogens with two attached hydrogens (primary N) is 1. The second kappa shape index (κ2) is 5.52. The molecule has 2 aromatic rings. The highest BCUT2D eigenvalue weighted by atomic mass is 79.9. The van der Waals surface area contributed by atoms with E-state index in [0.717, 1.165) is 3.79 Å². The molecule has 0 aliphatic rings. The molecule has 0 spiro atoms. The predicted molar refractivity (Wildman–Crippen MR) is 83.1 cm³/mol. The zero-order valence-electron chi connectivity index (χ0n) is 10.2. The largest absolute Gasteiger partial charge is 0.399 e. The summed E-state index contributed by atoms with van der Waals surface area (Å²) in [5, 5.41) is 0. The van der Waals surface area contributed by atoms with Gasteiger partial charge in [-0.05, 0) is 53.2 Å². The Morgan fingerprint density at radius 1 is 1.32 bits per heavy atom. The third kappa shape index (κ3) is 2.93. The Kier molecular flexibility index (Phi) is 4.17. The molecular weight excluding hydrogens is 348 g/mol. The van der Waals surface area contributed by atoms with Gasteiger partial charge in [-0.25, -0.2) is 8.42 Å². The van der Waals surface area contributed by atoms with Gasteiger partial charge in [-0.2, -0.15) is 0 Å². The summed E-state index contributed by atoms with van der Waals surface area (Å²) in [5.41, 5.74) is 6.83. The van der Waals surface area contributed by atoms with E-state index in [2.05, 4.69) is 15.9 Å². The van der Waals surface area contributed by atoms with E-state index < -0.39 is 10.0 Å². The van der Waals surface area contributed by atoms with Gasteiger partial charge in [0.25, 0.3) is 10.0 Å². The van der Waals surface area contributed by atoms with Gasteiger partial charge >= 0.3 is 0 Å². The van der Waals surface area contributed by atoms with Crippen LogP contribution in [0.3, 0.4) is 0 Å². The number of anilines is 2. The number of sulfonamides is 1. The molecule has 0 radical (unpaired) electrons. The number of benzene rings is 1. The summed E-state index contributed by atoms with van der Waals surface area (Å²) in [5.74, 6) is 0. The van der Waals surface area contributed by atoms with Crippen LogP contribution in [0.5, 0.6) is 0 Å². The van der Waals surface area contributed by atoms with E-state index in [9.17, 15) is 8.42 Å². The van der Waals surface area contributed by atoms with Crippen molar-refractivity contribution in [2.45, 2.75) is 11.1 Å². The number of halogens is 1. The molecule has 0 bridgehead atoms. The molecule has 19 heavy (non-hydrogen) atoms. The normalized spacial score (nSPS) is 11.5. The summed E-state index contributed by atoms with van der Waals surface area (Å²) in [6.45, 7) is 2.14. The van der Waals surface area contributed by atoms with Crippen LogP contribution in [0.4, 0.5) is 11.4 Å². The first kappa shape index (κ1) is 14.4. The highest BCUT2D eigenvalue weighted by Crippen LogP contribution is 2.31. The summed E-state index contributed by atoms with van der Waals surface area (Å²) >= 11 is 4.47. The van der Waals surface area contributed by atoms with E-state index in [1.165, 1.54) is 15.6 Å². The fraction of sp³-hybridized carbons (Fsp3) is 0.167.